The number of nitrogens with two attached hydrogens (primary N) is 1. The van der Waals surface area contributed by atoms with E-state index in [1.807, 2.05) is 6.92 Å². The van der Waals surface area contributed by atoms with Gasteiger partial charge < -0.3 is 15.8 Å². The van der Waals surface area contributed by atoms with Crippen molar-refractivity contribution in [1.82, 2.24) is 8.96 Å². The van der Waals surface area contributed by atoms with E-state index in [-0.39, 0.29) is 40.2 Å². The van der Waals surface area contributed by atoms with Gasteiger partial charge in [0.1, 0.15) is 5.75 Å². The van der Waals surface area contributed by atoms with Crippen molar-refractivity contribution < 1.29 is 22.3 Å². The highest BCUT2D eigenvalue weighted by Gasteiger charge is 2.24. The van der Waals surface area contributed by atoms with Crippen LogP contribution in [0.3, 0.4) is 0 Å². The van der Waals surface area contributed by atoms with Crippen molar-refractivity contribution in [2.24, 2.45) is 5.73 Å². The Morgan fingerprint density at radius 3 is 2.52 bits per heavy atom. The second-order valence-electron chi connectivity index (χ2n) is 7.41. The molecule has 0 aliphatic heterocycles. The van der Waals surface area contributed by atoms with Crippen LogP contribution in [0, 0.1) is 12.7 Å². The topological polar surface area (TPSA) is 116 Å². The van der Waals surface area contributed by atoms with Crippen LogP contribution in [-0.4, -0.2) is 23.3 Å². The fraction of sp³-hybridized carbons (Fsp3) is 0.130. The lowest BCUT2D eigenvalue weighted by Crippen LogP contribution is -2.12. The molecule has 170 valence electrons. The summed E-state index contributed by atoms with van der Waals surface area (Å²) >= 11 is 0. The van der Waals surface area contributed by atoms with Gasteiger partial charge in [-0.2, -0.15) is 0 Å². The molecule has 0 aliphatic rings. The Kier molecular flexibility index (Phi) is 5.88. The molecule has 2 aromatic heterocycles. The van der Waals surface area contributed by atoms with Crippen LogP contribution in [0.25, 0.3) is 11.0 Å². The van der Waals surface area contributed by atoms with E-state index in [1.54, 1.807) is 12.1 Å². The Hall–Kier alpha value is -3.76. The Balaban J connectivity index is 1.80. The minimum absolute atomic E-state index is 0.0128. The predicted octanol–water partition coefficient (Wildman–Crippen LogP) is 3.93. The number of aryl methyl sites for hydroxylation is 1. The number of carbonyl (C=O) groups is 1. The van der Waals surface area contributed by atoms with E-state index >= 15 is 0 Å². The number of anilines is 1. The maximum absolute atomic E-state index is 14.6. The Morgan fingerprint density at radius 1 is 1.15 bits per heavy atom. The zero-order chi connectivity index (χ0) is 23.8. The third kappa shape index (κ3) is 4.30. The van der Waals surface area contributed by atoms with Gasteiger partial charge in [0.25, 0.3) is 10.0 Å². The second-order valence-corrected chi connectivity index (χ2v) is 9.22. The lowest BCUT2D eigenvalue weighted by molar-refractivity contribution is -0.114. The molecule has 0 aliphatic carbocycles. The van der Waals surface area contributed by atoms with Crippen LogP contribution in [0.2, 0.25) is 0 Å². The number of amides is 1. The number of pyridine rings is 1. The van der Waals surface area contributed by atoms with Crippen molar-refractivity contribution in [3.05, 3.63) is 77.9 Å². The Morgan fingerprint density at radius 2 is 1.88 bits per heavy atom. The van der Waals surface area contributed by atoms with Crippen molar-refractivity contribution in [2.75, 3.05) is 5.32 Å². The number of benzene rings is 2. The molecule has 2 heterocycles. The maximum Gasteiger partial charge on any atom is 0.269 e. The van der Waals surface area contributed by atoms with Crippen molar-refractivity contribution in [1.29, 1.82) is 0 Å². The summed E-state index contributed by atoms with van der Waals surface area (Å²) < 4.78 is 48.0. The van der Waals surface area contributed by atoms with Crippen LogP contribution in [0.5, 0.6) is 11.5 Å². The Bertz CT molecular complexity index is 1460. The first-order valence-corrected chi connectivity index (χ1v) is 11.4. The molecule has 4 rings (SSSR count). The number of halogens is 1. The molecule has 3 N–H and O–H groups in total. The van der Waals surface area contributed by atoms with Gasteiger partial charge in [-0.15, -0.1) is 0 Å². The molecule has 10 heteroatoms. The van der Waals surface area contributed by atoms with Crippen LogP contribution in [0.4, 0.5) is 10.1 Å². The molecule has 0 fully saturated rings. The van der Waals surface area contributed by atoms with Crippen molar-refractivity contribution in [3.63, 3.8) is 0 Å². The first-order chi connectivity index (χ1) is 15.7. The predicted molar refractivity (Wildman–Crippen MR) is 122 cm³/mol. The minimum Gasteiger partial charge on any atom is -0.453 e. The molecule has 0 spiro atoms. The fourth-order valence-electron chi connectivity index (χ4n) is 3.40. The first-order valence-electron chi connectivity index (χ1n) is 9.97. The number of fused-ring (bicyclic) bond motifs is 1. The molecule has 33 heavy (non-hydrogen) atoms. The van der Waals surface area contributed by atoms with Gasteiger partial charge >= 0.3 is 0 Å². The molecule has 0 radical (unpaired) electrons. The normalized spacial score (nSPS) is 11.5. The molecular formula is C23H21FN4O4S. The average Bonchev–Trinajstić information content (AvgIpc) is 3.16. The highest BCUT2D eigenvalue weighted by Crippen LogP contribution is 2.35. The van der Waals surface area contributed by atoms with E-state index in [0.717, 1.165) is 15.6 Å². The third-order valence-electron chi connectivity index (χ3n) is 4.97. The van der Waals surface area contributed by atoms with Gasteiger partial charge in [-0.05, 0) is 42.8 Å². The summed E-state index contributed by atoms with van der Waals surface area (Å²) in [6, 6.07) is 12.0. The number of rotatable bonds is 6. The summed E-state index contributed by atoms with van der Waals surface area (Å²) in [6.07, 6.45) is 2.78. The summed E-state index contributed by atoms with van der Waals surface area (Å²) in [5, 5.41) is 2.85. The van der Waals surface area contributed by atoms with Crippen LogP contribution >= 0.6 is 0 Å². The van der Waals surface area contributed by atoms with E-state index in [9.17, 15) is 17.6 Å². The highest BCUT2D eigenvalue weighted by atomic mass is 32.2. The number of carbonyl (C=O) groups excluding carboxylic acids is 1. The minimum atomic E-state index is -3.96. The number of nitrogens with zero attached hydrogens (tertiary/aromatic N) is 2. The summed E-state index contributed by atoms with van der Waals surface area (Å²) in [6.45, 7) is 3.19. The summed E-state index contributed by atoms with van der Waals surface area (Å²) in [7, 11) is -3.96. The first kappa shape index (κ1) is 22.4. The van der Waals surface area contributed by atoms with E-state index in [2.05, 4.69) is 10.3 Å². The van der Waals surface area contributed by atoms with E-state index < -0.39 is 15.8 Å². The molecule has 1 amide bonds. The summed E-state index contributed by atoms with van der Waals surface area (Å²) in [5.74, 6) is -0.937. The Labute approximate surface area is 189 Å². The smallest absolute Gasteiger partial charge is 0.269 e. The second kappa shape index (κ2) is 8.64. The monoisotopic (exact) mass is 468 g/mol. The fourth-order valence-corrected chi connectivity index (χ4v) is 4.74. The third-order valence-corrected chi connectivity index (χ3v) is 6.63. The zero-order valence-corrected chi connectivity index (χ0v) is 18.7. The molecular weight excluding hydrogens is 447 g/mol. The zero-order valence-electron chi connectivity index (χ0n) is 17.9. The SMILES string of the molecule is CC(=O)Nc1ccc(Oc2ccnc3c2c(CN)cn3S(=O)(=O)c2ccc(C)cc2)c(F)c1. The maximum atomic E-state index is 14.6. The number of hydrogen-bond donors (Lipinski definition) is 2. The van der Waals surface area contributed by atoms with E-state index in [0.29, 0.717) is 10.9 Å². The van der Waals surface area contributed by atoms with Gasteiger partial charge in [0.05, 0.1) is 10.3 Å². The van der Waals surface area contributed by atoms with Crippen LogP contribution < -0.4 is 15.8 Å². The molecule has 0 atom stereocenters. The number of hydrogen-bond acceptors (Lipinski definition) is 6. The van der Waals surface area contributed by atoms with Crippen molar-refractivity contribution in [2.45, 2.75) is 25.3 Å². The lowest BCUT2D eigenvalue weighted by atomic mass is 10.2. The van der Waals surface area contributed by atoms with Gasteiger partial charge in [-0.25, -0.2) is 21.8 Å². The molecule has 0 bridgehead atoms. The molecule has 4 aromatic rings. The summed E-state index contributed by atoms with van der Waals surface area (Å²) in [4.78, 5) is 15.5. The number of ether oxygens (including phenoxy) is 1. The molecule has 0 saturated carbocycles. The standard InChI is InChI=1S/C23H21FN4O4S/c1-14-3-6-18(7-4-14)33(30,31)28-13-16(12-25)22-21(9-10-26-23(22)28)32-20-8-5-17(11-19(20)24)27-15(2)29/h3-11,13H,12,25H2,1-2H3,(H,27,29). The highest BCUT2D eigenvalue weighted by molar-refractivity contribution is 7.90. The van der Waals surface area contributed by atoms with Gasteiger partial charge in [0, 0.05) is 37.6 Å². The van der Waals surface area contributed by atoms with Crippen LogP contribution in [-0.2, 0) is 21.4 Å². The number of aromatic nitrogens is 2. The molecule has 0 saturated heterocycles. The van der Waals surface area contributed by atoms with E-state index in [1.165, 1.54) is 49.6 Å². The van der Waals surface area contributed by atoms with E-state index in [4.69, 9.17) is 10.5 Å². The number of nitrogens with one attached hydrogen (secondary N) is 1. The molecule has 8 nitrogen and oxygen atoms in total. The average molecular weight is 469 g/mol. The van der Waals surface area contributed by atoms with Crippen molar-refractivity contribution in [3.8, 4) is 11.5 Å². The van der Waals surface area contributed by atoms with Crippen molar-refractivity contribution >= 4 is 32.7 Å². The molecule has 0 unspecified atom stereocenters. The van der Waals surface area contributed by atoms with Crippen LogP contribution in [0.1, 0.15) is 18.1 Å². The molecule has 2 aromatic carbocycles. The van der Waals surface area contributed by atoms with Gasteiger partial charge in [0.2, 0.25) is 5.91 Å². The summed E-state index contributed by atoms with van der Waals surface area (Å²) in [5.41, 5.74) is 7.68. The van der Waals surface area contributed by atoms with Gasteiger partial charge in [0.15, 0.2) is 17.2 Å². The van der Waals surface area contributed by atoms with Gasteiger partial charge in [-0.1, -0.05) is 17.7 Å². The quantitative estimate of drug-likeness (QED) is 0.443. The largest absolute Gasteiger partial charge is 0.453 e. The lowest BCUT2D eigenvalue weighted by Gasteiger charge is -2.11. The van der Waals surface area contributed by atoms with Crippen LogP contribution in [0.15, 0.2) is 65.8 Å². The van der Waals surface area contributed by atoms with Gasteiger partial charge in [-0.3, -0.25) is 4.79 Å².